The summed E-state index contributed by atoms with van der Waals surface area (Å²) in [6.45, 7) is 8.78. The van der Waals surface area contributed by atoms with Crippen LogP contribution in [0.1, 0.15) is 130 Å². The Bertz CT molecular complexity index is 1340. The smallest absolute Gasteiger partial charge is 0.318 e. The molecule has 0 saturated carbocycles. The average molecular weight is 735 g/mol. The maximum absolute atomic E-state index is 14.2. The molecule has 0 bridgehead atoms. The van der Waals surface area contributed by atoms with Crippen molar-refractivity contribution in [2.24, 2.45) is 0 Å². The molecule has 2 fully saturated rings. The minimum absolute atomic E-state index is 0.0544. The van der Waals surface area contributed by atoms with E-state index in [9.17, 15) is 9.59 Å². The molecular formula is C44H66N2O7. The number of rotatable bonds is 25. The molecule has 0 aliphatic carbocycles. The molecule has 2 aromatic rings. The van der Waals surface area contributed by atoms with Crippen molar-refractivity contribution in [2.45, 2.75) is 167 Å². The van der Waals surface area contributed by atoms with Gasteiger partial charge in [-0.25, -0.2) is 4.79 Å². The van der Waals surface area contributed by atoms with E-state index in [1.807, 2.05) is 74.5 Å². The molecule has 1 N–H and O–H groups in total. The maximum Gasteiger partial charge on any atom is 0.318 e. The largest absolute Gasteiger partial charge is 0.485 e. The third-order valence-corrected chi connectivity index (χ3v) is 9.96. The minimum Gasteiger partial charge on any atom is -0.485 e. The van der Waals surface area contributed by atoms with Gasteiger partial charge >= 0.3 is 12.0 Å². The second kappa shape index (κ2) is 23.4. The molecule has 53 heavy (non-hydrogen) atoms. The summed E-state index contributed by atoms with van der Waals surface area (Å²) in [5.41, 5.74) is 0.987. The molecule has 2 saturated heterocycles. The van der Waals surface area contributed by atoms with Crippen molar-refractivity contribution in [1.82, 2.24) is 10.2 Å². The van der Waals surface area contributed by atoms with Gasteiger partial charge in [0.05, 0.1) is 19.1 Å². The first-order valence-electron chi connectivity index (χ1n) is 20.4. The lowest BCUT2D eigenvalue weighted by Crippen LogP contribution is -2.56. The monoisotopic (exact) mass is 734 g/mol. The van der Waals surface area contributed by atoms with Gasteiger partial charge < -0.3 is 33.9 Å². The SMILES string of the molecule is CCCCCCCC/C=C\CCCCCCCCN(C(=O)NCc1ccccc1)[C@@H](CC(=O)OCC)C1O[C@@H]2OC(C)(C)O[C@@H]2[C@H]1Oc1ccccc1. The Morgan fingerprint density at radius 2 is 1.42 bits per heavy atom. The highest BCUT2D eigenvalue weighted by atomic mass is 16.8. The first kappa shape index (κ1) is 42.3. The number of para-hydroxylation sites is 1. The number of carbonyl (C=O) groups excluding carboxylic acids is 2. The zero-order valence-corrected chi connectivity index (χ0v) is 32.8. The van der Waals surface area contributed by atoms with Crippen molar-refractivity contribution in [3.63, 3.8) is 0 Å². The van der Waals surface area contributed by atoms with Gasteiger partial charge in [-0.2, -0.15) is 0 Å². The highest BCUT2D eigenvalue weighted by Gasteiger charge is 2.59. The van der Waals surface area contributed by atoms with Crippen molar-refractivity contribution in [3.05, 3.63) is 78.4 Å². The molecule has 2 aliphatic rings. The predicted octanol–water partition coefficient (Wildman–Crippen LogP) is 9.88. The summed E-state index contributed by atoms with van der Waals surface area (Å²) in [5.74, 6) is -0.629. The van der Waals surface area contributed by atoms with Crippen LogP contribution in [-0.4, -0.2) is 66.5 Å². The van der Waals surface area contributed by atoms with E-state index in [1.54, 1.807) is 11.8 Å². The number of unbranched alkanes of at least 4 members (excludes halogenated alkanes) is 12. The molecule has 9 nitrogen and oxygen atoms in total. The topological polar surface area (TPSA) is 95.6 Å². The maximum atomic E-state index is 14.2. The fourth-order valence-electron chi connectivity index (χ4n) is 7.22. The minimum atomic E-state index is -0.869. The number of hydrogen-bond donors (Lipinski definition) is 1. The van der Waals surface area contributed by atoms with E-state index in [1.165, 1.54) is 57.8 Å². The number of nitrogens with one attached hydrogen (secondary N) is 1. The number of allylic oxidation sites excluding steroid dienone is 2. The van der Waals surface area contributed by atoms with E-state index in [0.29, 0.717) is 18.8 Å². The van der Waals surface area contributed by atoms with E-state index in [0.717, 1.165) is 37.7 Å². The lowest BCUT2D eigenvalue weighted by molar-refractivity contribution is -0.219. The second-order valence-corrected chi connectivity index (χ2v) is 14.8. The van der Waals surface area contributed by atoms with Crippen LogP contribution in [0.25, 0.3) is 0 Å². The Hall–Kier alpha value is -3.40. The fraction of sp³-hybridized carbons (Fsp3) is 0.636. The second-order valence-electron chi connectivity index (χ2n) is 14.8. The third-order valence-electron chi connectivity index (χ3n) is 9.96. The third kappa shape index (κ3) is 14.7. The van der Waals surface area contributed by atoms with Crippen molar-refractivity contribution < 1.29 is 33.3 Å². The summed E-state index contributed by atoms with van der Waals surface area (Å²) in [6, 6.07) is 18.3. The van der Waals surface area contributed by atoms with Crippen LogP contribution in [-0.2, 0) is 30.3 Å². The normalized spacial score (nSPS) is 21.0. The van der Waals surface area contributed by atoms with E-state index in [4.69, 9.17) is 23.7 Å². The van der Waals surface area contributed by atoms with Crippen molar-refractivity contribution in [2.75, 3.05) is 13.2 Å². The predicted molar refractivity (Wildman–Crippen MR) is 209 cm³/mol. The van der Waals surface area contributed by atoms with E-state index in [-0.39, 0.29) is 19.1 Å². The Balaban J connectivity index is 1.39. The summed E-state index contributed by atoms with van der Waals surface area (Å²) in [6.07, 6.45) is 18.8. The highest BCUT2D eigenvalue weighted by Crippen LogP contribution is 2.41. The van der Waals surface area contributed by atoms with E-state index >= 15 is 0 Å². The standard InChI is InChI=1S/C44H66N2O7/c1-5-7-8-9-10-11-12-13-14-15-16-17-18-19-20-27-32-46(43(48)45-34-35-28-23-21-24-29-35)37(33-38(47)49-6-2)39-40(50-36-30-25-22-26-31-36)41-42(51-39)53-44(3,4)52-41/h13-14,21-26,28-31,37,39-42H,5-12,15-20,27,32-34H2,1-4H3,(H,45,48)/b14-13-/t37-,39?,40-,41+,42+/m0/s1. The molecule has 5 atom stereocenters. The molecular weight excluding hydrogens is 668 g/mol. The number of amides is 2. The number of carbonyl (C=O) groups is 2. The van der Waals surface area contributed by atoms with Gasteiger partial charge in [0.25, 0.3) is 0 Å². The van der Waals surface area contributed by atoms with Gasteiger partial charge in [0.1, 0.15) is 11.9 Å². The number of benzene rings is 2. The Morgan fingerprint density at radius 3 is 2.06 bits per heavy atom. The number of esters is 1. The molecule has 0 aromatic heterocycles. The molecule has 2 aliphatic heterocycles. The summed E-state index contributed by atoms with van der Waals surface area (Å²) < 4.78 is 31.0. The Kier molecular flexibility index (Phi) is 18.7. The molecule has 9 heteroatoms. The first-order valence-corrected chi connectivity index (χ1v) is 20.4. The zero-order valence-electron chi connectivity index (χ0n) is 32.8. The molecule has 0 radical (unpaired) electrons. The van der Waals surface area contributed by atoms with Crippen LogP contribution in [0.3, 0.4) is 0 Å². The molecule has 1 unspecified atom stereocenters. The molecule has 294 valence electrons. The van der Waals surface area contributed by atoms with Crippen molar-refractivity contribution in [1.29, 1.82) is 0 Å². The molecule has 2 amide bonds. The lowest BCUT2D eigenvalue weighted by Gasteiger charge is -2.38. The van der Waals surface area contributed by atoms with Crippen molar-refractivity contribution >= 4 is 12.0 Å². The van der Waals surface area contributed by atoms with E-state index < -0.39 is 42.4 Å². The molecule has 0 spiro atoms. The first-order chi connectivity index (χ1) is 25.8. The van der Waals surface area contributed by atoms with Crippen LogP contribution in [0, 0.1) is 0 Å². The fourth-order valence-corrected chi connectivity index (χ4v) is 7.22. The summed E-state index contributed by atoms with van der Waals surface area (Å²) >= 11 is 0. The van der Waals surface area contributed by atoms with Crippen LogP contribution in [0.15, 0.2) is 72.8 Å². The highest BCUT2D eigenvalue weighted by molar-refractivity contribution is 5.76. The van der Waals surface area contributed by atoms with Gasteiger partial charge in [-0.05, 0) is 70.6 Å². The Labute approximate surface area is 319 Å². The Morgan fingerprint density at radius 1 is 0.811 bits per heavy atom. The van der Waals surface area contributed by atoms with Gasteiger partial charge in [0.2, 0.25) is 0 Å². The number of ether oxygens (including phenoxy) is 5. The van der Waals surface area contributed by atoms with E-state index in [2.05, 4.69) is 24.4 Å². The van der Waals surface area contributed by atoms with Gasteiger partial charge in [-0.3, -0.25) is 4.79 Å². The zero-order chi connectivity index (χ0) is 37.7. The molecule has 2 aromatic carbocycles. The van der Waals surface area contributed by atoms with Crippen LogP contribution in [0.4, 0.5) is 4.79 Å². The average Bonchev–Trinajstić information content (AvgIpc) is 3.63. The van der Waals surface area contributed by atoms with Crippen molar-refractivity contribution in [3.8, 4) is 5.75 Å². The van der Waals surface area contributed by atoms with Gasteiger partial charge in [-0.1, -0.05) is 125 Å². The number of hydrogen-bond acceptors (Lipinski definition) is 7. The summed E-state index contributed by atoms with van der Waals surface area (Å²) in [5, 5.41) is 3.11. The molecule has 2 heterocycles. The number of fused-ring (bicyclic) bond motifs is 1. The molecule has 4 rings (SSSR count). The number of urea groups is 1. The van der Waals surface area contributed by atoms with Crippen LogP contribution >= 0.6 is 0 Å². The van der Waals surface area contributed by atoms with Crippen LogP contribution < -0.4 is 10.1 Å². The van der Waals surface area contributed by atoms with Gasteiger partial charge in [0, 0.05) is 13.1 Å². The summed E-state index contributed by atoms with van der Waals surface area (Å²) in [4.78, 5) is 29.1. The van der Waals surface area contributed by atoms with Gasteiger partial charge in [0.15, 0.2) is 24.3 Å². The quantitative estimate of drug-likeness (QED) is 0.0617. The summed E-state index contributed by atoms with van der Waals surface area (Å²) in [7, 11) is 0. The van der Waals surface area contributed by atoms with Crippen LogP contribution in [0.5, 0.6) is 5.75 Å². The van der Waals surface area contributed by atoms with Crippen LogP contribution in [0.2, 0.25) is 0 Å². The number of nitrogens with zero attached hydrogens (tertiary/aromatic N) is 1. The van der Waals surface area contributed by atoms with Gasteiger partial charge in [-0.15, -0.1) is 0 Å². The lowest BCUT2D eigenvalue weighted by atomic mass is 9.98.